The van der Waals surface area contributed by atoms with Crippen molar-refractivity contribution in [3.8, 4) is 0 Å². The molecule has 8 nitrogen and oxygen atoms in total. The molecule has 2 aromatic rings. The molecule has 8 heteroatoms. The minimum atomic E-state index is -0.213. The molecule has 1 saturated heterocycles. The Morgan fingerprint density at radius 3 is 2.52 bits per heavy atom. The molecule has 31 heavy (non-hydrogen) atoms. The summed E-state index contributed by atoms with van der Waals surface area (Å²) < 4.78 is 1.69. The van der Waals surface area contributed by atoms with Crippen molar-refractivity contribution >= 4 is 11.8 Å². The van der Waals surface area contributed by atoms with E-state index in [-0.39, 0.29) is 11.8 Å². The van der Waals surface area contributed by atoms with Gasteiger partial charge >= 0.3 is 0 Å². The highest BCUT2D eigenvalue weighted by molar-refractivity contribution is 5.98. The van der Waals surface area contributed by atoms with Crippen LogP contribution in [0.25, 0.3) is 0 Å². The minimum Gasteiger partial charge on any atom is -0.349 e. The summed E-state index contributed by atoms with van der Waals surface area (Å²) in [5.74, 6) is -0.281. The molecule has 1 aromatic carbocycles. The van der Waals surface area contributed by atoms with E-state index in [2.05, 4.69) is 27.1 Å². The molecule has 1 N–H and O–H groups in total. The molecule has 1 aromatic heterocycles. The molecule has 0 spiro atoms. The maximum Gasteiger partial charge on any atom is 0.272 e. The van der Waals surface area contributed by atoms with Crippen LogP contribution in [0.15, 0.2) is 36.4 Å². The normalized spacial score (nSPS) is 18.0. The number of hydrogen-bond donors (Lipinski definition) is 1. The van der Waals surface area contributed by atoms with Crippen LogP contribution in [-0.2, 0) is 13.1 Å². The smallest absolute Gasteiger partial charge is 0.272 e. The van der Waals surface area contributed by atoms with E-state index in [0.29, 0.717) is 37.6 Å². The Kier molecular flexibility index (Phi) is 6.99. The van der Waals surface area contributed by atoms with E-state index in [1.165, 1.54) is 0 Å². The van der Waals surface area contributed by atoms with Gasteiger partial charge in [-0.1, -0.05) is 37.3 Å². The number of piperazine rings is 1. The number of fused-ring (bicyclic) bond motifs is 1. The zero-order chi connectivity index (χ0) is 21.6. The minimum absolute atomic E-state index is 0.0679. The maximum absolute atomic E-state index is 13.1. The van der Waals surface area contributed by atoms with Crippen LogP contribution in [0.3, 0.4) is 0 Å². The second kappa shape index (κ2) is 10.1. The molecule has 2 aliphatic rings. The van der Waals surface area contributed by atoms with Gasteiger partial charge in [0.1, 0.15) is 5.69 Å². The number of likely N-dealkylation sites (N-methyl/N-ethyl adjacent to an activating group) is 1. The Balaban J connectivity index is 1.33. The molecule has 1 fully saturated rings. The van der Waals surface area contributed by atoms with Gasteiger partial charge in [0.05, 0.1) is 0 Å². The first kappa shape index (κ1) is 21.5. The van der Waals surface area contributed by atoms with E-state index in [9.17, 15) is 9.59 Å². The SMILES string of the molecule is CCN1CCN(CCNC(=O)c2cc3n(n2)CCCN(Cc2ccccc2)C3=O)CC1. The van der Waals surface area contributed by atoms with Crippen molar-refractivity contribution in [1.29, 1.82) is 0 Å². The first-order valence-corrected chi connectivity index (χ1v) is 11.3. The Morgan fingerprint density at radius 2 is 1.77 bits per heavy atom. The van der Waals surface area contributed by atoms with Crippen LogP contribution < -0.4 is 5.32 Å². The third-order valence-electron chi connectivity index (χ3n) is 6.16. The second-order valence-corrected chi connectivity index (χ2v) is 8.24. The van der Waals surface area contributed by atoms with Gasteiger partial charge in [-0.2, -0.15) is 5.10 Å². The van der Waals surface area contributed by atoms with E-state index in [0.717, 1.165) is 51.3 Å². The fourth-order valence-corrected chi connectivity index (χ4v) is 4.25. The first-order valence-electron chi connectivity index (χ1n) is 11.3. The second-order valence-electron chi connectivity index (χ2n) is 8.24. The van der Waals surface area contributed by atoms with Crippen molar-refractivity contribution in [2.24, 2.45) is 0 Å². The van der Waals surface area contributed by atoms with Gasteiger partial charge in [0, 0.05) is 65.0 Å². The van der Waals surface area contributed by atoms with E-state index in [1.807, 2.05) is 35.2 Å². The number of carbonyl (C=O) groups excluding carboxylic acids is 2. The number of nitrogens with zero attached hydrogens (tertiary/aromatic N) is 5. The number of nitrogens with one attached hydrogen (secondary N) is 1. The number of aryl methyl sites for hydroxylation is 1. The summed E-state index contributed by atoms with van der Waals surface area (Å²) in [5.41, 5.74) is 1.91. The first-order chi connectivity index (χ1) is 15.1. The van der Waals surface area contributed by atoms with Crippen LogP contribution in [0.4, 0.5) is 0 Å². The van der Waals surface area contributed by atoms with Crippen molar-refractivity contribution < 1.29 is 9.59 Å². The number of hydrogen-bond acceptors (Lipinski definition) is 5. The molecule has 2 aliphatic heterocycles. The molecule has 0 bridgehead atoms. The molecular formula is C23H32N6O2. The topological polar surface area (TPSA) is 73.7 Å². The van der Waals surface area contributed by atoms with Crippen LogP contribution in [0.1, 0.15) is 39.9 Å². The molecule has 166 valence electrons. The van der Waals surface area contributed by atoms with Gasteiger partial charge in [-0.3, -0.25) is 19.2 Å². The van der Waals surface area contributed by atoms with Crippen molar-refractivity contribution in [2.45, 2.75) is 26.4 Å². The van der Waals surface area contributed by atoms with Gasteiger partial charge in [-0.05, 0) is 18.5 Å². The maximum atomic E-state index is 13.1. The van der Waals surface area contributed by atoms with Gasteiger partial charge in [-0.15, -0.1) is 0 Å². The lowest BCUT2D eigenvalue weighted by atomic mass is 10.2. The third kappa shape index (κ3) is 5.32. The van der Waals surface area contributed by atoms with Crippen LogP contribution in [-0.4, -0.2) is 88.7 Å². The highest BCUT2D eigenvalue weighted by atomic mass is 16.2. The van der Waals surface area contributed by atoms with Crippen molar-refractivity contribution in [3.63, 3.8) is 0 Å². The van der Waals surface area contributed by atoms with Crippen molar-refractivity contribution in [3.05, 3.63) is 53.3 Å². The molecule has 0 atom stereocenters. The van der Waals surface area contributed by atoms with Crippen LogP contribution in [0.5, 0.6) is 0 Å². The molecule has 0 unspecified atom stereocenters. The molecule has 4 rings (SSSR count). The number of amides is 2. The average molecular weight is 425 g/mol. The van der Waals surface area contributed by atoms with Gasteiger partial charge in [0.2, 0.25) is 0 Å². The fraction of sp³-hybridized carbons (Fsp3) is 0.522. The Morgan fingerprint density at radius 1 is 1.03 bits per heavy atom. The number of carbonyl (C=O) groups is 2. The standard InChI is InChI=1S/C23H32N6O2/c1-2-26-13-15-27(16-14-26)12-9-24-22(30)20-17-21-23(31)28(10-6-11-29(21)25-20)18-19-7-4-3-5-8-19/h3-5,7-8,17H,2,6,9-16,18H2,1H3,(H,24,30). The van der Waals surface area contributed by atoms with Crippen molar-refractivity contribution in [1.82, 2.24) is 29.8 Å². The van der Waals surface area contributed by atoms with Crippen LogP contribution in [0.2, 0.25) is 0 Å². The molecule has 3 heterocycles. The Labute approximate surface area is 183 Å². The molecular weight excluding hydrogens is 392 g/mol. The molecule has 2 amide bonds. The predicted molar refractivity (Wildman–Crippen MR) is 119 cm³/mol. The lowest BCUT2D eigenvalue weighted by Crippen LogP contribution is -2.48. The molecule has 0 saturated carbocycles. The fourth-order valence-electron chi connectivity index (χ4n) is 4.25. The van der Waals surface area contributed by atoms with Crippen LogP contribution in [0, 0.1) is 0 Å². The lowest BCUT2D eigenvalue weighted by molar-refractivity contribution is 0.0745. The summed E-state index contributed by atoms with van der Waals surface area (Å²) in [6.45, 7) is 10.8. The number of benzene rings is 1. The Hall–Kier alpha value is -2.71. The largest absolute Gasteiger partial charge is 0.349 e. The van der Waals surface area contributed by atoms with Gasteiger partial charge < -0.3 is 15.1 Å². The summed E-state index contributed by atoms with van der Waals surface area (Å²) in [6.07, 6.45) is 0.818. The summed E-state index contributed by atoms with van der Waals surface area (Å²) >= 11 is 0. The quantitative estimate of drug-likeness (QED) is 0.725. The van der Waals surface area contributed by atoms with Gasteiger partial charge in [0.25, 0.3) is 11.8 Å². The predicted octanol–water partition coefficient (Wildman–Crippen LogP) is 1.30. The van der Waals surface area contributed by atoms with Gasteiger partial charge in [-0.25, -0.2) is 0 Å². The summed E-state index contributed by atoms with van der Waals surface area (Å²) in [4.78, 5) is 32.4. The number of aromatic nitrogens is 2. The monoisotopic (exact) mass is 424 g/mol. The average Bonchev–Trinajstić information content (AvgIpc) is 3.17. The highest BCUT2D eigenvalue weighted by Crippen LogP contribution is 2.16. The van der Waals surface area contributed by atoms with E-state index in [1.54, 1.807) is 10.7 Å². The zero-order valence-corrected chi connectivity index (χ0v) is 18.3. The van der Waals surface area contributed by atoms with E-state index in [4.69, 9.17) is 0 Å². The third-order valence-corrected chi connectivity index (χ3v) is 6.16. The summed E-state index contributed by atoms with van der Waals surface area (Å²) in [7, 11) is 0. The Bertz CT molecular complexity index is 889. The molecule has 0 aliphatic carbocycles. The summed E-state index contributed by atoms with van der Waals surface area (Å²) in [5, 5.41) is 7.39. The van der Waals surface area contributed by atoms with Crippen LogP contribution >= 0.6 is 0 Å². The van der Waals surface area contributed by atoms with Crippen molar-refractivity contribution in [2.75, 3.05) is 52.4 Å². The van der Waals surface area contributed by atoms with E-state index < -0.39 is 0 Å². The zero-order valence-electron chi connectivity index (χ0n) is 18.3. The highest BCUT2D eigenvalue weighted by Gasteiger charge is 2.26. The molecule has 0 radical (unpaired) electrons. The lowest BCUT2D eigenvalue weighted by Gasteiger charge is -2.33. The van der Waals surface area contributed by atoms with Gasteiger partial charge in [0.15, 0.2) is 5.69 Å². The van der Waals surface area contributed by atoms with E-state index >= 15 is 0 Å². The summed E-state index contributed by atoms with van der Waals surface area (Å²) in [6, 6.07) is 11.6. The number of rotatable bonds is 7.